The van der Waals surface area contributed by atoms with Crippen LogP contribution in [0.4, 0.5) is 0 Å². The normalized spacial score (nSPS) is 12.4. The molecule has 0 saturated carbocycles. The molecule has 0 N–H and O–H groups in total. The fourth-order valence-electron chi connectivity index (χ4n) is 9.89. The average molecular weight is 756 g/mol. The van der Waals surface area contributed by atoms with Crippen molar-refractivity contribution < 1.29 is 0 Å². The standard InChI is InChI=1S/C50H65N3O3/c1-5-9-13-17-21-33-51-43-32-31-39-37-26-29-41-46-40(49(55)53(50(41)56)35(23-19-15-11-7-3)24-20-16-12-8-4)28-25-36(44(37)46)38-27-30-42(47(43)45(38)39)48(54)52(51)34-22-18-14-10-6-2/h25-32,35H,5-24,33-34H2,1-4H3. The maximum Gasteiger partial charge on any atom is 0.273 e. The molecule has 0 amide bonds. The van der Waals surface area contributed by atoms with Crippen molar-refractivity contribution in [3.63, 3.8) is 0 Å². The first-order chi connectivity index (χ1) is 27.5. The van der Waals surface area contributed by atoms with Crippen LogP contribution in [0, 0.1) is 0 Å². The van der Waals surface area contributed by atoms with Gasteiger partial charge in [-0.2, -0.15) is 0 Å². The molecule has 0 spiro atoms. The van der Waals surface area contributed by atoms with E-state index in [0.29, 0.717) is 10.8 Å². The zero-order chi connectivity index (χ0) is 39.2. The van der Waals surface area contributed by atoms with E-state index in [1.165, 1.54) is 51.4 Å². The Balaban J connectivity index is 1.40. The van der Waals surface area contributed by atoms with Crippen molar-refractivity contribution in [2.45, 2.75) is 175 Å². The van der Waals surface area contributed by atoms with Gasteiger partial charge >= 0.3 is 0 Å². The van der Waals surface area contributed by atoms with Crippen LogP contribution >= 0.6 is 0 Å². The Labute approximate surface area is 332 Å². The highest BCUT2D eigenvalue weighted by atomic mass is 16.2. The maximum atomic E-state index is 14.6. The van der Waals surface area contributed by atoms with Gasteiger partial charge in [-0.1, -0.05) is 155 Å². The van der Waals surface area contributed by atoms with E-state index >= 15 is 0 Å². The Hall–Kier alpha value is -4.19. The van der Waals surface area contributed by atoms with Crippen LogP contribution in [0.15, 0.2) is 62.9 Å². The third kappa shape index (κ3) is 7.50. The summed E-state index contributed by atoms with van der Waals surface area (Å²) in [6, 6.07) is 16.7. The van der Waals surface area contributed by atoms with Gasteiger partial charge in [-0.3, -0.25) is 23.6 Å². The fraction of sp³-hybridized carbons (Fsp3) is 0.540. The smallest absolute Gasteiger partial charge is 0.273 e. The van der Waals surface area contributed by atoms with Gasteiger partial charge in [0.15, 0.2) is 0 Å². The molecule has 2 aromatic heterocycles. The van der Waals surface area contributed by atoms with Gasteiger partial charge in [0.2, 0.25) is 0 Å². The summed E-state index contributed by atoms with van der Waals surface area (Å²) in [5.41, 5.74) is 0.918. The first kappa shape index (κ1) is 40.0. The van der Waals surface area contributed by atoms with Crippen molar-refractivity contribution in [3.05, 3.63) is 79.6 Å². The monoisotopic (exact) mass is 756 g/mol. The lowest BCUT2D eigenvalue weighted by molar-refractivity contribution is 0.384. The molecule has 5 aromatic carbocycles. The number of unbranched alkanes of at least 4 members (excludes halogenated alkanes) is 14. The number of aryl methyl sites for hydroxylation is 1. The van der Waals surface area contributed by atoms with Crippen molar-refractivity contribution in [1.82, 2.24) is 13.9 Å². The molecule has 0 radical (unpaired) electrons. The second-order valence-corrected chi connectivity index (χ2v) is 16.8. The largest absolute Gasteiger partial charge is 0.282 e. The van der Waals surface area contributed by atoms with E-state index in [-0.39, 0.29) is 22.7 Å². The van der Waals surface area contributed by atoms with Crippen molar-refractivity contribution in [2.24, 2.45) is 0 Å². The highest BCUT2D eigenvalue weighted by Gasteiger charge is 2.25. The number of pyridine rings is 1. The Morgan fingerprint density at radius 3 is 1.21 bits per heavy atom. The van der Waals surface area contributed by atoms with E-state index in [9.17, 15) is 14.4 Å². The third-order valence-corrected chi connectivity index (χ3v) is 12.9. The number of fused-ring (bicyclic) bond motifs is 2. The maximum absolute atomic E-state index is 14.6. The van der Waals surface area contributed by atoms with Crippen LogP contribution in [-0.4, -0.2) is 13.9 Å². The molecule has 0 unspecified atom stereocenters. The second kappa shape index (κ2) is 18.4. The molecule has 298 valence electrons. The summed E-state index contributed by atoms with van der Waals surface area (Å²) >= 11 is 0. The van der Waals surface area contributed by atoms with Crippen LogP contribution in [0.2, 0.25) is 0 Å². The molecule has 7 rings (SSSR count). The predicted molar refractivity (Wildman–Crippen MR) is 241 cm³/mol. The second-order valence-electron chi connectivity index (χ2n) is 16.8. The van der Waals surface area contributed by atoms with Crippen LogP contribution < -0.4 is 16.7 Å². The fourth-order valence-corrected chi connectivity index (χ4v) is 9.89. The zero-order valence-electron chi connectivity index (χ0n) is 34.8. The van der Waals surface area contributed by atoms with Crippen LogP contribution in [0.3, 0.4) is 0 Å². The van der Waals surface area contributed by atoms with Crippen LogP contribution in [-0.2, 0) is 13.1 Å². The number of rotatable bonds is 23. The van der Waals surface area contributed by atoms with Gasteiger partial charge in [-0.05, 0) is 76.9 Å². The van der Waals surface area contributed by atoms with Gasteiger partial charge < -0.3 is 0 Å². The molecule has 0 aliphatic rings. The molecule has 0 aliphatic heterocycles. The van der Waals surface area contributed by atoms with Gasteiger partial charge in [-0.25, -0.2) is 4.68 Å². The van der Waals surface area contributed by atoms with Gasteiger partial charge in [0, 0.05) is 46.1 Å². The summed E-state index contributed by atoms with van der Waals surface area (Å²) in [4.78, 5) is 43.7. The molecular weight excluding hydrogens is 691 g/mol. The quantitative estimate of drug-likeness (QED) is 0.0371. The Bertz CT molecular complexity index is 2480. The summed E-state index contributed by atoms with van der Waals surface area (Å²) in [7, 11) is 0. The zero-order valence-corrected chi connectivity index (χ0v) is 34.8. The van der Waals surface area contributed by atoms with Crippen molar-refractivity contribution in [2.75, 3.05) is 0 Å². The lowest BCUT2D eigenvalue weighted by Crippen LogP contribution is -2.36. The first-order valence-electron chi connectivity index (χ1n) is 22.6. The SMILES string of the molecule is CCCCCCCn1c(=O)c2ccc3c4ccc5c(=O)n(C(CCCCCC)CCCCCC)c(=O)c6ccc(c7ccc(c2c37)n1CCCCCCC)c4c56. The van der Waals surface area contributed by atoms with Gasteiger partial charge in [-0.15, -0.1) is 0 Å². The van der Waals surface area contributed by atoms with Crippen LogP contribution in [0.1, 0.15) is 162 Å². The topological polar surface area (TPSA) is 66.0 Å². The molecular formula is C50H65N3O3. The van der Waals surface area contributed by atoms with Crippen molar-refractivity contribution >= 4 is 64.8 Å². The summed E-state index contributed by atoms with van der Waals surface area (Å²) in [6.45, 7) is 10.5. The number of aromatic nitrogens is 3. The summed E-state index contributed by atoms with van der Waals surface area (Å²) in [6.07, 6.45) is 22.4. The van der Waals surface area contributed by atoms with Gasteiger partial charge in [0.25, 0.3) is 16.7 Å². The molecule has 0 bridgehead atoms. The van der Waals surface area contributed by atoms with Gasteiger partial charge in [0.1, 0.15) is 0 Å². The summed E-state index contributed by atoms with van der Waals surface area (Å²) < 4.78 is 5.97. The minimum Gasteiger partial charge on any atom is -0.282 e. The van der Waals surface area contributed by atoms with E-state index in [2.05, 4.69) is 62.7 Å². The van der Waals surface area contributed by atoms with E-state index in [1.54, 1.807) is 4.57 Å². The lowest BCUT2D eigenvalue weighted by Gasteiger charge is -2.24. The van der Waals surface area contributed by atoms with E-state index in [1.807, 2.05) is 22.9 Å². The number of nitrogens with zero attached hydrogens (tertiary/aromatic N) is 3. The van der Waals surface area contributed by atoms with E-state index in [0.717, 1.165) is 144 Å². The summed E-state index contributed by atoms with van der Waals surface area (Å²) in [5, 5.41) is 10.2. The summed E-state index contributed by atoms with van der Waals surface area (Å²) in [5.74, 6) is 0. The van der Waals surface area contributed by atoms with Crippen LogP contribution in [0.25, 0.3) is 64.8 Å². The number of benzene rings is 5. The Morgan fingerprint density at radius 1 is 0.375 bits per heavy atom. The molecule has 7 aromatic rings. The highest BCUT2D eigenvalue weighted by molar-refractivity contribution is 6.39. The number of hydrogen-bond donors (Lipinski definition) is 0. The molecule has 0 aliphatic carbocycles. The lowest BCUT2D eigenvalue weighted by atomic mass is 9.86. The Kier molecular flexibility index (Phi) is 13.1. The molecule has 6 nitrogen and oxygen atoms in total. The molecule has 0 saturated heterocycles. The molecule has 2 heterocycles. The van der Waals surface area contributed by atoms with E-state index in [4.69, 9.17) is 0 Å². The molecule has 56 heavy (non-hydrogen) atoms. The van der Waals surface area contributed by atoms with Gasteiger partial charge in [0.05, 0.1) is 10.9 Å². The predicted octanol–water partition coefficient (Wildman–Crippen LogP) is 13.4. The van der Waals surface area contributed by atoms with Crippen molar-refractivity contribution in [3.8, 4) is 0 Å². The minimum atomic E-state index is -0.145. The molecule has 0 fully saturated rings. The van der Waals surface area contributed by atoms with E-state index < -0.39 is 0 Å². The first-order valence-corrected chi connectivity index (χ1v) is 22.6. The molecule has 6 heteroatoms. The highest BCUT2D eigenvalue weighted by Crippen LogP contribution is 2.44. The minimum absolute atomic E-state index is 0.0842. The van der Waals surface area contributed by atoms with Crippen LogP contribution in [0.5, 0.6) is 0 Å². The third-order valence-electron chi connectivity index (χ3n) is 12.9. The molecule has 0 atom stereocenters. The number of hydrogen-bond acceptors (Lipinski definition) is 3. The Morgan fingerprint density at radius 2 is 0.732 bits per heavy atom. The van der Waals surface area contributed by atoms with Crippen molar-refractivity contribution in [1.29, 1.82) is 0 Å². The average Bonchev–Trinajstić information content (AvgIpc) is 3.21.